The minimum atomic E-state index is -0.601. The van der Waals surface area contributed by atoms with Crippen LogP contribution in [-0.2, 0) is 6.54 Å². The number of carbonyl (C=O) groups excluding carboxylic acids is 1. The molecule has 0 aliphatic rings. The van der Waals surface area contributed by atoms with Crippen LogP contribution in [0.1, 0.15) is 23.0 Å². The van der Waals surface area contributed by atoms with E-state index in [0.717, 1.165) is 10.8 Å². The number of Topliss-reactive ketones (excluding diaryl/α,β-unsaturated/α-hetero) is 1. The van der Waals surface area contributed by atoms with Crippen LogP contribution in [0.25, 0.3) is 0 Å². The monoisotopic (exact) mass is 234 g/mol. The van der Waals surface area contributed by atoms with Gasteiger partial charge in [-0.05, 0) is 6.92 Å². The highest BCUT2D eigenvalue weighted by atomic mass is 16.2. The van der Waals surface area contributed by atoms with Crippen LogP contribution in [-0.4, -0.2) is 25.3 Å². The average molecular weight is 234 g/mol. The zero-order valence-electron chi connectivity index (χ0n) is 9.06. The first-order valence-electron chi connectivity index (χ1n) is 4.90. The molecule has 2 N–H and O–H groups in total. The molecule has 0 atom stereocenters. The summed E-state index contributed by atoms with van der Waals surface area (Å²) in [7, 11) is 0. The van der Waals surface area contributed by atoms with Gasteiger partial charge in [0.15, 0.2) is 5.78 Å². The van der Waals surface area contributed by atoms with Crippen molar-refractivity contribution in [3.8, 4) is 0 Å². The first kappa shape index (κ1) is 11.1. The van der Waals surface area contributed by atoms with E-state index in [-0.39, 0.29) is 17.9 Å². The molecule has 2 aromatic heterocycles. The fourth-order valence-electron chi connectivity index (χ4n) is 1.45. The molecular formula is C10H10N4O3. The topological polar surface area (TPSA) is 101 Å². The number of nitrogens with one attached hydrogen (secondary N) is 2. The molecule has 0 radical (unpaired) electrons. The second-order valence-corrected chi connectivity index (χ2v) is 3.53. The number of nitrogens with zero attached hydrogens (tertiary/aromatic N) is 2. The standard InChI is InChI=1S/C10H10N4O3/c1-6(15)8-3-12-10(17)14(9(8)16)4-7-2-11-5-13-7/h2-3,5H,4H2,1H3,(H,11,13)(H,12,17). The summed E-state index contributed by atoms with van der Waals surface area (Å²) in [5.74, 6) is -0.385. The number of hydrogen-bond donors (Lipinski definition) is 2. The minimum Gasteiger partial charge on any atom is -0.347 e. The van der Waals surface area contributed by atoms with Crippen LogP contribution in [0.4, 0.5) is 0 Å². The maximum Gasteiger partial charge on any atom is 0.328 e. The van der Waals surface area contributed by atoms with E-state index in [9.17, 15) is 14.4 Å². The highest BCUT2D eigenvalue weighted by molar-refractivity contribution is 5.93. The van der Waals surface area contributed by atoms with E-state index in [4.69, 9.17) is 0 Å². The van der Waals surface area contributed by atoms with E-state index >= 15 is 0 Å². The third-order valence-electron chi connectivity index (χ3n) is 2.32. The molecule has 0 aliphatic carbocycles. The van der Waals surface area contributed by atoms with Gasteiger partial charge in [-0.25, -0.2) is 9.78 Å². The first-order valence-corrected chi connectivity index (χ1v) is 4.90. The number of imidazole rings is 1. The Morgan fingerprint density at radius 2 is 2.18 bits per heavy atom. The lowest BCUT2D eigenvalue weighted by molar-refractivity contribution is 0.101. The highest BCUT2D eigenvalue weighted by Crippen LogP contribution is 1.93. The van der Waals surface area contributed by atoms with E-state index in [1.165, 1.54) is 19.4 Å². The zero-order valence-corrected chi connectivity index (χ0v) is 9.06. The molecule has 0 unspecified atom stereocenters. The van der Waals surface area contributed by atoms with Gasteiger partial charge in [-0.15, -0.1) is 0 Å². The molecule has 17 heavy (non-hydrogen) atoms. The first-order chi connectivity index (χ1) is 8.09. The quantitative estimate of drug-likeness (QED) is 0.700. The van der Waals surface area contributed by atoms with Gasteiger partial charge in [0.2, 0.25) is 0 Å². The number of hydrogen-bond acceptors (Lipinski definition) is 4. The Labute approximate surface area is 95.1 Å². The number of ketones is 1. The zero-order chi connectivity index (χ0) is 12.4. The van der Waals surface area contributed by atoms with Gasteiger partial charge >= 0.3 is 5.69 Å². The Morgan fingerprint density at radius 3 is 2.76 bits per heavy atom. The van der Waals surface area contributed by atoms with Crippen LogP contribution in [0.5, 0.6) is 0 Å². The third-order valence-corrected chi connectivity index (χ3v) is 2.32. The van der Waals surface area contributed by atoms with Crippen molar-refractivity contribution in [3.05, 3.63) is 50.8 Å². The number of aromatic nitrogens is 4. The van der Waals surface area contributed by atoms with Gasteiger partial charge in [0.1, 0.15) is 0 Å². The van der Waals surface area contributed by atoms with Crippen molar-refractivity contribution in [2.75, 3.05) is 0 Å². The molecule has 0 fully saturated rings. The lowest BCUT2D eigenvalue weighted by Gasteiger charge is -2.03. The van der Waals surface area contributed by atoms with Gasteiger partial charge in [-0.1, -0.05) is 0 Å². The van der Waals surface area contributed by atoms with Crippen molar-refractivity contribution in [2.24, 2.45) is 0 Å². The van der Waals surface area contributed by atoms with Crippen molar-refractivity contribution >= 4 is 5.78 Å². The van der Waals surface area contributed by atoms with Gasteiger partial charge in [0.25, 0.3) is 5.56 Å². The van der Waals surface area contributed by atoms with E-state index in [1.54, 1.807) is 0 Å². The minimum absolute atomic E-state index is 0.0379. The number of carbonyl (C=O) groups is 1. The second-order valence-electron chi connectivity index (χ2n) is 3.53. The summed E-state index contributed by atoms with van der Waals surface area (Å²) < 4.78 is 0.949. The molecule has 7 heteroatoms. The largest absolute Gasteiger partial charge is 0.347 e. The maximum absolute atomic E-state index is 11.8. The van der Waals surface area contributed by atoms with E-state index in [0.29, 0.717) is 5.69 Å². The van der Waals surface area contributed by atoms with Crippen molar-refractivity contribution in [1.82, 2.24) is 19.5 Å². The smallest absolute Gasteiger partial charge is 0.328 e. The Balaban J connectivity index is 2.53. The van der Waals surface area contributed by atoms with Gasteiger partial charge < -0.3 is 9.97 Å². The molecule has 7 nitrogen and oxygen atoms in total. The number of rotatable bonds is 3. The van der Waals surface area contributed by atoms with Crippen molar-refractivity contribution in [2.45, 2.75) is 13.5 Å². The molecule has 0 spiro atoms. The highest BCUT2D eigenvalue weighted by Gasteiger charge is 2.11. The van der Waals surface area contributed by atoms with Crippen molar-refractivity contribution in [3.63, 3.8) is 0 Å². The Hall–Kier alpha value is -2.44. The van der Waals surface area contributed by atoms with Crippen LogP contribution < -0.4 is 11.2 Å². The molecule has 0 saturated heterocycles. The van der Waals surface area contributed by atoms with Gasteiger partial charge in [0, 0.05) is 12.4 Å². The van der Waals surface area contributed by atoms with Gasteiger partial charge in [-0.2, -0.15) is 0 Å². The second kappa shape index (κ2) is 4.20. The number of aromatic amines is 2. The van der Waals surface area contributed by atoms with Crippen molar-refractivity contribution in [1.29, 1.82) is 0 Å². The van der Waals surface area contributed by atoms with E-state index in [1.807, 2.05) is 0 Å². The molecule has 2 rings (SSSR count). The molecule has 0 aromatic carbocycles. The predicted molar refractivity (Wildman–Crippen MR) is 59.0 cm³/mol. The normalized spacial score (nSPS) is 10.4. The van der Waals surface area contributed by atoms with E-state index < -0.39 is 11.2 Å². The fourth-order valence-corrected chi connectivity index (χ4v) is 1.45. The van der Waals surface area contributed by atoms with Crippen LogP contribution in [0.15, 0.2) is 28.3 Å². The maximum atomic E-state index is 11.8. The molecular weight excluding hydrogens is 224 g/mol. The molecule has 2 heterocycles. The van der Waals surface area contributed by atoms with Gasteiger partial charge in [-0.3, -0.25) is 14.2 Å². The Morgan fingerprint density at radius 1 is 1.41 bits per heavy atom. The van der Waals surface area contributed by atoms with Crippen LogP contribution in [0.3, 0.4) is 0 Å². The van der Waals surface area contributed by atoms with E-state index in [2.05, 4.69) is 15.0 Å². The Kier molecular flexibility index (Phi) is 2.73. The SMILES string of the molecule is CC(=O)c1c[nH]c(=O)n(Cc2cnc[nH]2)c1=O. The summed E-state index contributed by atoms with van der Waals surface area (Å²) in [5.41, 5.74) is -0.590. The van der Waals surface area contributed by atoms with Gasteiger partial charge in [0.05, 0.1) is 24.1 Å². The van der Waals surface area contributed by atoms with Crippen LogP contribution in [0.2, 0.25) is 0 Å². The molecule has 0 saturated carbocycles. The summed E-state index contributed by atoms with van der Waals surface area (Å²) in [6, 6.07) is 0. The lowest BCUT2D eigenvalue weighted by Crippen LogP contribution is -2.38. The summed E-state index contributed by atoms with van der Waals surface area (Å²) >= 11 is 0. The summed E-state index contributed by atoms with van der Waals surface area (Å²) in [4.78, 5) is 43.4. The molecule has 2 aromatic rings. The van der Waals surface area contributed by atoms with Crippen LogP contribution >= 0.6 is 0 Å². The molecule has 88 valence electrons. The van der Waals surface area contributed by atoms with Crippen molar-refractivity contribution < 1.29 is 4.79 Å². The fraction of sp³-hybridized carbons (Fsp3) is 0.200. The third kappa shape index (κ3) is 2.07. The predicted octanol–water partition coefficient (Wildman–Crippen LogP) is -0.489. The lowest BCUT2D eigenvalue weighted by atomic mass is 10.2. The summed E-state index contributed by atoms with van der Waals surface area (Å²) in [5, 5.41) is 0. The average Bonchev–Trinajstić information content (AvgIpc) is 2.76. The molecule has 0 amide bonds. The van der Waals surface area contributed by atoms with Crippen LogP contribution in [0, 0.1) is 0 Å². The molecule has 0 bridgehead atoms. The molecule has 0 aliphatic heterocycles. The number of H-pyrrole nitrogens is 2. The Bertz CT molecular complexity index is 651. The summed E-state index contributed by atoms with van der Waals surface area (Å²) in [6.45, 7) is 1.32. The summed E-state index contributed by atoms with van der Waals surface area (Å²) in [6.07, 6.45) is 4.09.